The Balaban J connectivity index is 1.81. The standard InChI is InChI=1S/C24H30ClN3O5/c1-4-33-24(31)22-16(2)21(17(3)26-22)20(29)15-28(10-9-27-11-13-32-14-12-27)23(30)18-5-7-19(25)8-6-18/h5-8,26H,4,9-15H2,1-3H3. The van der Waals surface area contributed by atoms with Crippen molar-refractivity contribution >= 4 is 29.3 Å². The van der Waals surface area contributed by atoms with Gasteiger partial charge in [-0.2, -0.15) is 0 Å². The predicted octanol–water partition coefficient (Wildman–Crippen LogP) is 3.12. The van der Waals surface area contributed by atoms with E-state index in [0.717, 1.165) is 13.1 Å². The summed E-state index contributed by atoms with van der Waals surface area (Å²) >= 11 is 5.97. The van der Waals surface area contributed by atoms with Crippen molar-refractivity contribution < 1.29 is 23.9 Å². The van der Waals surface area contributed by atoms with Gasteiger partial charge in [-0.3, -0.25) is 14.5 Å². The van der Waals surface area contributed by atoms with E-state index in [1.165, 1.54) is 0 Å². The molecule has 0 spiro atoms. The second-order valence-corrected chi connectivity index (χ2v) is 8.39. The number of ketones is 1. The molecule has 178 valence electrons. The molecule has 0 unspecified atom stereocenters. The number of aromatic nitrogens is 1. The number of nitrogens with zero attached hydrogens (tertiary/aromatic N) is 2. The zero-order valence-corrected chi connectivity index (χ0v) is 20.0. The summed E-state index contributed by atoms with van der Waals surface area (Å²) in [5, 5.41) is 0.535. The summed E-state index contributed by atoms with van der Waals surface area (Å²) in [5.41, 5.74) is 2.25. The van der Waals surface area contributed by atoms with Gasteiger partial charge >= 0.3 is 5.97 Å². The normalized spacial score (nSPS) is 14.2. The molecule has 8 nitrogen and oxygen atoms in total. The molecule has 0 atom stereocenters. The fraction of sp³-hybridized carbons (Fsp3) is 0.458. The molecule has 1 fully saturated rings. The first-order chi connectivity index (χ1) is 15.8. The van der Waals surface area contributed by atoms with Crippen LogP contribution >= 0.6 is 11.6 Å². The second-order valence-electron chi connectivity index (χ2n) is 7.96. The van der Waals surface area contributed by atoms with E-state index >= 15 is 0 Å². The van der Waals surface area contributed by atoms with Gasteiger partial charge in [-0.1, -0.05) is 11.6 Å². The van der Waals surface area contributed by atoms with Crippen LogP contribution in [0.5, 0.6) is 0 Å². The summed E-state index contributed by atoms with van der Waals surface area (Å²) in [7, 11) is 0. The molecule has 1 N–H and O–H groups in total. The highest BCUT2D eigenvalue weighted by Crippen LogP contribution is 2.21. The fourth-order valence-electron chi connectivity index (χ4n) is 3.94. The van der Waals surface area contributed by atoms with E-state index in [9.17, 15) is 14.4 Å². The Bertz CT molecular complexity index is 996. The Hall–Kier alpha value is -2.68. The number of aromatic amines is 1. The van der Waals surface area contributed by atoms with E-state index in [-0.39, 0.29) is 30.5 Å². The third-order valence-corrected chi connectivity index (χ3v) is 5.95. The minimum absolute atomic E-state index is 0.104. The van der Waals surface area contributed by atoms with E-state index in [0.29, 0.717) is 53.7 Å². The lowest BCUT2D eigenvalue weighted by Gasteiger charge is -2.30. The van der Waals surface area contributed by atoms with Gasteiger partial charge < -0.3 is 19.4 Å². The molecule has 1 amide bonds. The maximum atomic E-state index is 13.3. The van der Waals surface area contributed by atoms with Crippen LogP contribution in [-0.2, 0) is 9.47 Å². The van der Waals surface area contributed by atoms with Crippen molar-refractivity contribution in [2.45, 2.75) is 20.8 Å². The van der Waals surface area contributed by atoms with Crippen molar-refractivity contribution in [3.63, 3.8) is 0 Å². The number of ether oxygens (including phenoxy) is 2. The Kier molecular flexibility index (Phi) is 8.66. The summed E-state index contributed by atoms with van der Waals surface area (Å²) in [6.45, 7) is 9.22. The Morgan fingerprint density at radius 1 is 1.15 bits per heavy atom. The van der Waals surface area contributed by atoms with Gasteiger partial charge in [0.05, 0.1) is 26.4 Å². The largest absolute Gasteiger partial charge is 0.461 e. The van der Waals surface area contributed by atoms with Crippen LogP contribution in [0.4, 0.5) is 0 Å². The van der Waals surface area contributed by atoms with Gasteiger partial charge in [0.2, 0.25) is 0 Å². The molecule has 1 aromatic carbocycles. The van der Waals surface area contributed by atoms with Crippen molar-refractivity contribution in [3.05, 3.63) is 57.4 Å². The summed E-state index contributed by atoms with van der Waals surface area (Å²) in [5.74, 6) is -0.982. The minimum Gasteiger partial charge on any atom is -0.461 e. The number of esters is 1. The first-order valence-corrected chi connectivity index (χ1v) is 11.4. The van der Waals surface area contributed by atoms with Crippen LogP contribution in [0.2, 0.25) is 5.02 Å². The van der Waals surface area contributed by atoms with Gasteiger partial charge in [0, 0.05) is 48.0 Å². The molecule has 0 aliphatic carbocycles. The molecular formula is C24H30ClN3O5. The predicted molar refractivity (Wildman–Crippen MR) is 125 cm³/mol. The van der Waals surface area contributed by atoms with Crippen molar-refractivity contribution in [1.29, 1.82) is 0 Å². The van der Waals surface area contributed by atoms with Crippen LogP contribution in [0.3, 0.4) is 0 Å². The molecule has 9 heteroatoms. The molecule has 0 saturated carbocycles. The summed E-state index contributed by atoms with van der Waals surface area (Å²) < 4.78 is 10.5. The molecule has 33 heavy (non-hydrogen) atoms. The lowest BCUT2D eigenvalue weighted by molar-refractivity contribution is 0.0323. The molecular weight excluding hydrogens is 446 g/mol. The number of aryl methyl sites for hydroxylation is 1. The molecule has 1 saturated heterocycles. The number of H-pyrrole nitrogens is 1. The Morgan fingerprint density at radius 3 is 2.45 bits per heavy atom. The van der Waals surface area contributed by atoms with E-state index < -0.39 is 5.97 Å². The first-order valence-electron chi connectivity index (χ1n) is 11.1. The van der Waals surface area contributed by atoms with Gasteiger partial charge in [0.15, 0.2) is 5.78 Å². The number of Topliss-reactive ketones (excluding diaryl/α,β-unsaturated/α-hetero) is 1. The van der Waals surface area contributed by atoms with Crippen LogP contribution in [0.1, 0.15) is 49.4 Å². The lowest BCUT2D eigenvalue weighted by atomic mass is 10.0. The Morgan fingerprint density at radius 2 is 1.82 bits per heavy atom. The third-order valence-electron chi connectivity index (χ3n) is 5.70. The van der Waals surface area contributed by atoms with Gasteiger partial charge in [-0.05, 0) is 50.6 Å². The van der Waals surface area contributed by atoms with Gasteiger partial charge in [-0.25, -0.2) is 4.79 Å². The molecule has 1 aliphatic rings. The molecule has 3 rings (SSSR count). The molecule has 1 aromatic heterocycles. The fourth-order valence-corrected chi connectivity index (χ4v) is 4.07. The number of morpholine rings is 1. The van der Waals surface area contributed by atoms with Crippen molar-refractivity contribution in [1.82, 2.24) is 14.8 Å². The Labute approximate surface area is 198 Å². The summed E-state index contributed by atoms with van der Waals surface area (Å²) in [4.78, 5) is 45.5. The number of carbonyl (C=O) groups excluding carboxylic acids is 3. The number of rotatable bonds is 9. The molecule has 1 aliphatic heterocycles. The lowest BCUT2D eigenvalue weighted by Crippen LogP contribution is -2.44. The monoisotopic (exact) mass is 475 g/mol. The van der Waals surface area contributed by atoms with E-state index in [1.807, 2.05) is 0 Å². The quantitative estimate of drug-likeness (QED) is 0.442. The topological polar surface area (TPSA) is 91.9 Å². The number of amides is 1. The van der Waals surface area contributed by atoms with E-state index in [4.69, 9.17) is 21.1 Å². The van der Waals surface area contributed by atoms with E-state index in [2.05, 4.69) is 9.88 Å². The SMILES string of the molecule is CCOC(=O)c1[nH]c(C)c(C(=O)CN(CCN2CCOCC2)C(=O)c2ccc(Cl)cc2)c1C. The highest BCUT2D eigenvalue weighted by atomic mass is 35.5. The van der Waals surface area contributed by atoms with Gasteiger partial charge in [0.1, 0.15) is 5.69 Å². The average molecular weight is 476 g/mol. The van der Waals surface area contributed by atoms with Gasteiger partial charge in [-0.15, -0.1) is 0 Å². The number of benzene rings is 1. The maximum Gasteiger partial charge on any atom is 0.355 e. The zero-order chi connectivity index (χ0) is 24.0. The number of hydrogen-bond donors (Lipinski definition) is 1. The van der Waals surface area contributed by atoms with E-state index in [1.54, 1.807) is 49.9 Å². The number of nitrogens with one attached hydrogen (secondary N) is 1. The maximum absolute atomic E-state index is 13.3. The van der Waals surface area contributed by atoms with Crippen molar-refractivity contribution in [2.24, 2.45) is 0 Å². The summed E-state index contributed by atoms with van der Waals surface area (Å²) in [6, 6.07) is 6.62. The molecule has 0 radical (unpaired) electrons. The van der Waals surface area contributed by atoms with Crippen LogP contribution in [0, 0.1) is 13.8 Å². The number of carbonyl (C=O) groups is 3. The van der Waals surface area contributed by atoms with Crippen LogP contribution in [0.25, 0.3) is 0 Å². The van der Waals surface area contributed by atoms with Crippen molar-refractivity contribution in [2.75, 3.05) is 52.5 Å². The first kappa shape index (κ1) is 25.0. The molecule has 0 bridgehead atoms. The molecule has 2 aromatic rings. The number of halogens is 1. The zero-order valence-electron chi connectivity index (χ0n) is 19.3. The van der Waals surface area contributed by atoms with Gasteiger partial charge in [0.25, 0.3) is 5.91 Å². The third kappa shape index (κ3) is 6.22. The van der Waals surface area contributed by atoms with Crippen LogP contribution in [0.15, 0.2) is 24.3 Å². The smallest absolute Gasteiger partial charge is 0.355 e. The molecule has 2 heterocycles. The summed E-state index contributed by atoms with van der Waals surface area (Å²) in [6.07, 6.45) is 0. The second kappa shape index (κ2) is 11.4. The highest BCUT2D eigenvalue weighted by Gasteiger charge is 2.26. The van der Waals surface area contributed by atoms with Crippen molar-refractivity contribution in [3.8, 4) is 0 Å². The minimum atomic E-state index is -0.501. The highest BCUT2D eigenvalue weighted by molar-refractivity contribution is 6.30. The van der Waals surface area contributed by atoms with Crippen LogP contribution < -0.4 is 0 Å². The number of hydrogen-bond acceptors (Lipinski definition) is 6. The average Bonchev–Trinajstić information content (AvgIpc) is 3.11. The van der Waals surface area contributed by atoms with Crippen LogP contribution in [-0.4, -0.2) is 85.0 Å².